The maximum atomic E-state index is 12.9. The molecule has 1 atom stereocenters. The lowest BCUT2D eigenvalue weighted by Crippen LogP contribution is -2.49. The van der Waals surface area contributed by atoms with E-state index < -0.39 is 18.0 Å². The van der Waals surface area contributed by atoms with Crippen molar-refractivity contribution >= 4 is 23.6 Å². The Morgan fingerprint density at radius 1 is 1.12 bits per heavy atom. The van der Waals surface area contributed by atoms with Gasteiger partial charge >= 0.3 is 12.0 Å². The number of ether oxygens (including phenoxy) is 1. The molecular formula is C25H27N3O4. The van der Waals surface area contributed by atoms with Gasteiger partial charge in [0.15, 0.2) is 0 Å². The monoisotopic (exact) mass is 433 g/mol. The van der Waals surface area contributed by atoms with Crippen LogP contribution in [0.5, 0.6) is 0 Å². The Bertz CT molecular complexity index is 1060. The third-order valence-electron chi connectivity index (χ3n) is 5.77. The van der Waals surface area contributed by atoms with Gasteiger partial charge in [-0.3, -0.25) is 9.69 Å². The molecule has 0 bridgehead atoms. The zero-order valence-electron chi connectivity index (χ0n) is 18.3. The fourth-order valence-corrected chi connectivity index (χ4v) is 3.97. The predicted octanol–water partition coefficient (Wildman–Crippen LogP) is 3.85. The standard InChI is InChI=1S/C25H27N3O4/c1-3-4-5-17-8-12-19(13-9-17)26-21(29)14-28-20-15-32-24(30)22(20)23(27-25(28)31)18-10-6-16(2)7-11-18/h6-13,23H,3-5,14-15H2,1-2H3,(H,26,29)(H,27,31)/t23-/m0/s1. The Balaban J connectivity index is 1.49. The summed E-state index contributed by atoms with van der Waals surface area (Å²) in [5, 5.41) is 5.67. The van der Waals surface area contributed by atoms with Crippen LogP contribution in [0.25, 0.3) is 0 Å². The highest BCUT2D eigenvalue weighted by atomic mass is 16.5. The number of anilines is 1. The Kier molecular flexibility index (Phi) is 6.25. The number of carbonyl (C=O) groups excluding carboxylic acids is 3. The van der Waals surface area contributed by atoms with E-state index >= 15 is 0 Å². The molecule has 32 heavy (non-hydrogen) atoms. The minimum absolute atomic E-state index is 0.0245. The Morgan fingerprint density at radius 3 is 2.53 bits per heavy atom. The van der Waals surface area contributed by atoms with Gasteiger partial charge in [0.2, 0.25) is 5.91 Å². The first-order valence-electron chi connectivity index (χ1n) is 10.9. The van der Waals surface area contributed by atoms with E-state index in [1.54, 1.807) is 0 Å². The number of unbranched alkanes of at least 4 members (excludes halogenated alkanes) is 1. The molecule has 2 aliphatic rings. The molecule has 0 aliphatic carbocycles. The van der Waals surface area contributed by atoms with E-state index in [2.05, 4.69) is 17.6 Å². The van der Waals surface area contributed by atoms with E-state index in [1.165, 1.54) is 10.5 Å². The molecule has 7 heteroatoms. The lowest BCUT2D eigenvalue weighted by atomic mass is 9.95. The van der Waals surface area contributed by atoms with Crippen molar-refractivity contribution in [3.8, 4) is 0 Å². The molecule has 0 aromatic heterocycles. The topological polar surface area (TPSA) is 87.7 Å². The molecule has 3 amide bonds. The number of carbonyl (C=O) groups is 3. The highest BCUT2D eigenvalue weighted by molar-refractivity contribution is 6.00. The largest absolute Gasteiger partial charge is 0.456 e. The summed E-state index contributed by atoms with van der Waals surface area (Å²) in [6, 6.07) is 14.3. The number of amides is 3. The van der Waals surface area contributed by atoms with Gasteiger partial charge < -0.3 is 15.4 Å². The second-order valence-electron chi connectivity index (χ2n) is 8.16. The summed E-state index contributed by atoms with van der Waals surface area (Å²) in [6.07, 6.45) is 3.26. The number of cyclic esters (lactones) is 1. The molecule has 7 nitrogen and oxygen atoms in total. The number of aryl methyl sites for hydroxylation is 2. The molecule has 0 spiro atoms. The zero-order valence-corrected chi connectivity index (χ0v) is 18.3. The minimum Gasteiger partial charge on any atom is -0.456 e. The number of hydrogen-bond acceptors (Lipinski definition) is 4. The summed E-state index contributed by atoms with van der Waals surface area (Å²) < 4.78 is 5.22. The number of hydrogen-bond donors (Lipinski definition) is 2. The van der Waals surface area contributed by atoms with Gasteiger partial charge in [-0.05, 0) is 43.0 Å². The summed E-state index contributed by atoms with van der Waals surface area (Å²) in [5.41, 5.74) is 4.58. The fourth-order valence-electron chi connectivity index (χ4n) is 3.97. The van der Waals surface area contributed by atoms with Crippen molar-refractivity contribution in [3.05, 3.63) is 76.5 Å². The first-order valence-corrected chi connectivity index (χ1v) is 10.9. The van der Waals surface area contributed by atoms with Crippen molar-refractivity contribution in [2.45, 2.75) is 39.2 Å². The molecule has 2 N–H and O–H groups in total. The number of nitrogens with zero attached hydrogens (tertiary/aromatic N) is 1. The van der Waals surface area contributed by atoms with Gasteiger partial charge in [-0.25, -0.2) is 9.59 Å². The lowest BCUT2D eigenvalue weighted by molar-refractivity contribution is -0.136. The highest BCUT2D eigenvalue weighted by Crippen LogP contribution is 2.35. The SMILES string of the molecule is CCCCc1ccc(NC(=O)CN2C(=O)N[C@@H](c3ccc(C)cc3)C3=C2COC3=O)cc1. The number of benzene rings is 2. The maximum Gasteiger partial charge on any atom is 0.338 e. The third-order valence-corrected chi connectivity index (χ3v) is 5.77. The van der Waals surface area contributed by atoms with Gasteiger partial charge in [-0.15, -0.1) is 0 Å². The van der Waals surface area contributed by atoms with E-state index in [1.807, 2.05) is 55.5 Å². The second kappa shape index (κ2) is 9.26. The van der Waals surface area contributed by atoms with Crippen LogP contribution >= 0.6 is 0 Å². The third kappa shape index (κ3) is 4.51. The van der Waals surface area contributed by atoms with Crippen LogP contribution in [0.3, 0.4) is 0 Å². The van der Waals surface area contributed by atoms with Gasteiger partial charge in [-0.1, -0.05) is 55.3 Å². The minimum atomic E-state index is -0.594. The van der Waals surface area contributed by atoms with E-state index in [4.69, 9.17) is 4.74 Å². The van der Waals surface area contributed by atoms with Crippen LogP contribution < -0.4 is 10.6 Å². The summed E-state index contributed by atoms with van der Waals surface area (Å²) in [7, 11) is 0. The predicted molar refractivity (Wildman–Crippen MR) is 121 cm³/mol. The van der Waals surface area contributed by atoms with Crippen LogP contribution in [0.1, 0.15) is 42.5 Å². The molecule has 0 unspecified atom stereocenters. The van der Waals surface area contributed by atoms with E-state index in [0.29, 0.717) is 17.0 Å². The Morgan fingerprint density at radius 2 is 1.84 bits per heavy atom. The van der Waals surface area contributed by atoms with Crippen LogP contribution in [0.15, 0.2) is 59.8 Å². The first kappa shape index (κ1) is 21.6. The molecule has 0 fully saturated rings. The molecular weight excluding hydrogens is 406 g/mol. The van der Waals surface area contributed by atoms with Gasteiger partial charge in [0.1, 0.15) is 13.2 Å². The quantitative estimate of drug-likeness (QED) is 0.649. The molecule has 0 saturated carbocycles. The van der Waals surface area contributed by atoms with Crippen molar-refractivity contribution in [1.82, 2.24) is 10.2 Å². The fraction of sp³-hybridized carbons (Fsp3) is 0.320. The number of esters is 1. The molecule has 0 radical (unpaired) electrons. The molecule has 0 saturated heterocycles. The van der Waals surface area contributed by atoms with Gasteiger partial charge in [-0.2, -0.15) is 0 Å². The van der Waals surface area contributed by atoms with Crippen molar-refractivity contribution < 1.29 is 19.1 Å². The van der Waals surface area contributed by atoms with Crippen LogP contribution in [0, 0.1) is 6.92 Å². The second-order valence-corrected chi connectivity index (χ2v) is 8.16. The lowest BCUT2D eigenvalue weighted by Gasteiger charge is -2.32. The summed E-state index contributed by atoms with van der Waals surface area (Å²) in [4.78, 5) is 39.2. The Hall–Kier alpha value is -3.61. The number of rotatable bonds is 7. The zero-order chi connectivity index (χ0) is 22.7. The van der Waals surface area contributed by atoms with Gasteiger partial charge in [0.05, 0.1) is 17.3 Å². The highest BCUT2D eigenvalue weighted by Gasteiger charge is 2.42. The molecule has 4 rings (SSSR count). The van der Waals surface area contributed by atoms with Gasteiger partial charge in [0.25, 0.3) is 0 Å². The first-order chi connectivity index (χ1) is 15.5. The van der Waals surface area contributed by atoms with E-state index in [-0.39, 0.29) is 19.1 Å². The van der Waals surface area contributed by atoms with Gasteiger partial charge in [0, 0.05) is 5.69 Å². The summed E-state index contributed by atoms with van der Waals surface area (Å²) >= 11 is 0. The van der Waals surface area contributed by atoms with E-state index in [0.717, 1.165) is 30.4 Å². The Labute approximate surface area is 187 Å². The molecule has 2 heterocycles. The van der Waals surface area contributed by atoms with Crippen molar-refractivity contribution in [2.24, 2.45) is 0 Å². The number of nitrogens with one attached hydrogen (secondary N) is 2. The van der Waals surface area contributed by atoms with Crippen molar-refractivity contribution in [3.63, 3.8) is 0 Å². The van der Waals surface area contributed by atoms with Crippen LogP contribution in [0.2, 0.25) is 0 Å². The van der Waals surface area contributed by atoms with Crippen LogP contribution in [-0.4, -0.2) is 36.0 Å². The van der Waals surface area contributed by atoms with E-state index in [9.17, 15) is 14.4 Å². The maximum absolute atomic E-state index is 12.9. The summed E-state index contributed by atoms with van der Waals surface area (Å²) in [5.74, 6) is -0.819. The average Bonchev–Trinajstić information content (AvgIpc) is 3.17. The molecule has 2 aromatic carbocycles. The molecule has 2 aliphatic heterocycles. The van der Waals surface area contributed by atoms with Crippen LogP contribution in [-0.2, 0) is 20.7 Å². The number of urea groups is 1. The van der Waals surface area contributed by atoms with Crippen molar-refractivity contribution in [2.75, 3.05) is 18.5 Å². The smallest absolute Gasteiger partial charge is 0.338 e. The average molecular weight is 434 g/mol. The van der Waals surface area contributed by atoms with Crippen molar-refractivity contribution in [1.29, 1.82) is 0 Å². The normalized spacial score (nSPS) is 17.7. The molecule has 2 aromatic rings. The molecule has 166 valence electrons. The van der Waals surface area contributed by atoms with Crippen LogP contribution in [0.4, 0.5) is 10.5 Å². The summed E-state index contributed by atoms with van der Waals surface area (Å²) in [6.45, 7) is 3.89.